The number of likely N-dealkylation sites (N-methyl/N-ethyl adjacent to an activating group) is 1. The highest BCUT2D eigenvalue weighted by atomic mass is 16.6. The molecule has 110 valence electrons. The molecule has 0 N–H and O–H groups in total. The molecule has 0 aliphatic carbocycles. The van der Waals surface area contributed by atoms with E-state index in [-0.39, 0.29) is 12.5 Å². The number of carbonyl (C=O) groups excluding carboxylic acids is 2. The number of hydrogen-bond acceptors (Lipinski definition) is 4. The van der Waals surface area contributed by atoms with Gasteiger partial charge in [-0.05, 0) is 11.5 Å². The van der Waals surface area contributed by atoms with E-state index in [9.17, 15) is 9.59 Å². The molecule has 20 heavy (non-hydrogen) atoms. The summed E-state index contributed by atoms with van der Waals surface area (Å²) in [5.74, 6) is -0.504. The largest absolute Gasteiger partial charge is 0.467 e. The lowest BCUT2D eigenvalue weighted by Crippen LogP contribution is -2.46. The van der Waals surface area contributed by atoms with Crippen LogP contribution in [0.1, 0.15) is 19.4 Å². The minimum atomic E-state index is -0.650. The van der Waals surface area contributed by atoms with Crippen molar-refractivity contribution in [2.75, 3.05) is 14.2 Å². The molecule has 0 aliphatic rings. The Morgan fingerprint density at radius 2 is 1.80 bits per heavy atom. The van der Waals surface area contributed by atoms with Crippen LogP contribution in [0, 0.1) is 5.92 Å². The third-order valence-electron chi connectivity index (χ3n) is 2.98. The summed E-state index contributed by atoms with van der Waals surface area (Å²) in [5, 5.41) is 0. The molecule has 1 rings (SSSR count). The van der Waals surface area contributed by atoms with Crippen LogP contribution in [0.15, 0.2) is 30.3 Å². The van der Waals surface area contributed by atoms with Crippen molar-refractivity contribution >= 4 is 12.1 Å². The molecular weight excluding hydrogens is 258 g/mol. The van der Waals surface area contributed by atoms with Gasteiger partial charge in [-0.15, -0.1) is 0 Å². The fourth-order valence-electron chi connectivity index (χ4n) is 1.93. The maximum absolute atomic E-state index is 12.0. The molecule has 0 heterocycles. The average Bonchev–Trinajstić information content (AvgIpc) is 2.45. The van der Waals surface area contributed by atoms with Crippen molar-refractivity contribution in [2.45, 2.75) is 26.5 Å². The van der Waals surface area contributed by atoms with Crippen molar-refractivity contribution in [3.05, 3.63) is 35.9 Å². The zero-order chi connectivity index (χ0) is 15.1. The molecule has 0 spiro atoms. The summed E-state index contributed by atoms with van der Waals surface area (Å²) < 4.78 is 9.91. The van der Waals surface area contributed by atoms with Crippen LogP contribution < -0.4 is 0 Å². The Morgan fingerprint density at radius 1 is 1.20 bits per heavy atom. The highest BCUT2D eigenvalue weighted by Gasteiger charge is 2.31. The van der Waals surface area contributed by atoms with E-state index < -0.39 is 18.1 Å². The summed E-state index contributed by atoms with van der Waals surface area (Å²) in [6, 6.07) is 8.73. The SMILES string of the molecule is COC(=O)[C@H](C(C)C)N(C)C(=O)OCc1ccccc1. The van der Waals surface area contributed by atoms with Gasteiger partial charge in [0.25, 0.3) is 0 Å². The Balaban J connectivity index is 2.63. The van der Waals surface area contributed by atoms with Crippen LogP contribution in [0.2, 0.25) is 0 Å². The second-order valence-electron chi connectivity index (χ2n) is 4.86. The number of carbonyl (C=O) groups is 2. The molecule has 0 fully saturated rings. The minimum Gasteiger partial charge on any atom is -0.467 e. The molecule has 0 aromatic heterocycles. The first-order valence-electron chi connectivity index (χ1n) is 6.48. The maximum atomic E-state index is 12.0. The topological polar surface area (TPSA) is 55.8 Å². The van der Waals surface area contributed by atoms with Crippen molar-refractivity contribution in [1.29, 1.82) is 0 Å². The summed E-state index contributed by atoms with van der Waals surface area (Å²) in [4.78, 5) is 25.0. The predicted octanol–water partition coefficient (Wildman–Crippen LogP) is 2.45. The van der Waals surface area contributed by atoms with Crippen LogP contribution in [0.5, 0.6) is 0 Å². The van der Waals surface area contributed by atoms with Crippen molar-refractivity contribution in [2.24, 2.45) is 5.92 Å². The minimum absolute atomic E-state index is 0.0586. The number of nitrogens with zero attached hydrogens (tertiary/aromatic N) is 1. The van der Waals surface area contributed by atoms with E-state index in [4.69, 9.17) is 9.47 Å². The second-order valence-corrected chi connectivity index (χ2v) is 4.86. The monoisotopic (exact) mass is 279 g/mol. The van der Waals surface area contributed by atoms with Gasteiger partial charge in [0.05, 0.1) is 7.11 Å². The first kappa shape index (κ1) is 16.0. The Kier molecular flexibility index (Phi) is 6.03. The third kappa shape index (κ3) is 4.26. The van der Waals surface area contributed by atoms with Crippen LogP contribution >= 0.6 is 0 Å². The number of rotatable bonds is 5. The molecule has 0 saturated heterocycles. The van der Waals surface area contributed by atoms with Crippen LogP contribution in [-0.4, -0.2) is 37.2 Å². The fraction of sp³-hybridized carbons (Fsp3) is 0.467. The lowest BCUT2D eigenvalue weighted by Gasteiger charge is -2.28. The summed E-state index contributed by atoms with van der Waals surface area (Å²) >= 11 is 0. The van der Waals surface area contributed by atoms with Crippen LogP contribution in [0.4, 0.5) is 4.79 Å². The van der Waals surface area contributed by atoms with Gasteiger partial charge in [0.1, 0.15) is 12.6 Å². The normalized spacial score (nSPS) is 11.8. The predicted molar refractivity (Wildman–Crippen MR) is 75.0 cm³/mol. The van der Waals surface area contributed by atoms with E-state index >= 15 is 0 Å². The molecule has 0 aliphatic heterocycles. The van der Waals surface area contributed by atoms with E-state index in [0.717, 1.165) is 5.56 Å². The molecule has 0 saturated carbocycles. The molecule has 0 bridgehead atoms. The lowest BCUT2D eigenvalue weighted by molar-refractivity contribution is -0.147. The second kappa shape index (κ2) is 7.53. The quantitative estimate of drug-likeness (QED) is 0.777. The smallest absolute Gasteiger partial charge is 0.410 e. The molecule has 0 radical (unpaired) electrons. The van der Waals surface area contributed by atoms with E-state index in [1.54, 1.807) is 0 Å². The van der Waals surface area contributed by atoms with Crippen molar-refractivity contribution < 1.29 is 19.1 Å². The van der Waals surface area contributed by atoms with Crippen molar-refractivity contribution in [1.82, 2.24) is 4.90 Å². The Hall–Kier alpha value is -2.04. The van der Waals surface area contributed by atoms with Gasteiger partial charge in [0.2, 0.25) is 0 Å². The van der Waals surface area contributed by atoms with Crippen LogP contribution in [0.25, 0.3) is 0 Å². The zero-order valence-corrected chi connectivity index (χ0v) is 12.3. The highest BCUT2D eigenvalue weighted by Crippen LogP contribution is 2.13. The maximum Gasteiger partial charge on any atom is 0.410 e. The Bertz CT molecular complexity index is 444. The molecule has 5 nitrogen and oxygen atoms in total. The summed E-state index contributed by atoms with van der Waals surface area (Å²) in [6.45, 7) is 3.88. The number of ether oxygens (including phenoxy) is 2. The summed E-state index contributed by atoms with van der Waals surface area (Å²) in [7, 11) is 2.84. The van der Waals surface area contributed by atoms with Crippen molar-refractivity contribution in [3.8, 4) is 0 Å². The van der Waals surface area contributed by atoms with Crippen LogP contribution in [-0.2, 0) is 20.9 Å². The standard InChI is InChI=1S/C15H21NO4/c1-11(2)13(14(17)19-4)16(3)15(18)20-10-12-8-6-5-7-9-12/h5-9,11,13H,10H2,1-4H3/t13-/m0/s1. The summed E-state index contributed by atoms with van der Waals surface area (Å²) in [6.07, 6.45) is -0.544. The molecular formula is C15H21NO4. The number of methoxy groups -OCH3 is 1. The van der Waals surface area contributed by atoms with Gasteiger partial charge in [0, 0.05) is 7.05 Å². The van der Waals surface area contributed by atoms with Gasteiger partial charge in [-0.25, -0.2) is 9.59 Å². The molecule has 1 amide bonds. The van der Waals surface area contributed by atoms with Gasteiger partial charge in [-0.3, -0.25) is 4.90 Å². The molecule has 1 aromatic carbocycles. The number of benzene rings is 1. The highest BCUT2D eigenvalue weighted by molar-refractivity contribution is 5.81. The summed E-state index contributed by atoms with van der Waals surface area (Å²) in [5.41, 5.74) is 0.897. The van der Waals surface area contributed by atoms with Gasteiger partial charge < -0.3 is 9.47 Å². The lowest BCUT2D eigenvalue weighted by atomic mass is 10.0. The molecule has 0 unspecified atom stereocenters. The Morgan fingerprint density at radius 3 is 2.30 bits per heavy atom. The molecule has 5 heteroatoms. The van der Waals surface area contributed by atoms with Crippen molar-refractivity contribution in [3.63, 3.8) is 0 Å². The van der Waals surface area contributed by atoms with Crippen LogP contribution in [0.3, 0.4) is 0 Å². The van der Waals surface area contributed by atoms with E-state index in [1.807, 2.05) is 44.2 Å². The third-order valence-corrected chi connectivity index (χ3v) is 2.98. The van der Waals surface area contributed by atoms with Gasteiger partial charge in [-0.1, -0.05) is 44.2 Å². The number of esters is 1. The zero-order valence-electron chi connectivity index (χ0n) is 12.3. The first-order valence-corrected chi connectivity index (χ1v) is 6.48. The first-order chi connectivity index (χ1) is 9.47. The number of amides is 1. The van der Waals surface area contributed by atoms with Gasteiger partial charge in [-0.2, -0.15) is 0 Å². The van der Waals surface area contributed by atoms with Gasteiger partial charge >= 0.3 is 12.1 Å². The Labute approximate surface area is 119 Å². The molecule has 1 atom stereocenters. The fourth-order valence-corrected chi connectivity index (χ4v) is 1.93. The van der Waals surface area contributed by atoms with E-state index in [1.165, 1.54) is 19.1 Å². The average molecular weight is 279 g/mol. The molecule has 1 aromatic rings. The number of hydrogen-bond donors (Lipinski definition) is 0. The van der Waals surface area contributed by atoms with Gasteiger partial charge in [0.15, 0.2) is 0 Å². The van der Waals surface area contributed by atoms with E-state index in [0.29, 0.717) is 0 Å². The van der Waals surface area contributed by atoms with E-state index in [2.05, 4.69) is 0 Å².